The van der Waals surface area contributed by atoms with Gasteiger partial charge < -0.3 is 4.74 Å². The molecule has 102 valence electrons. The van der Waals surface area contributed by atoms with Crippen LogP contribution in [0.5, 0.6) is 0 Å². The molecule has 0 N–H and O–H groups in total. The molecule has 1 fully saturated rings. The second kappa shape index (κ2) is 4.88. The Bertz CT molecular complexity index is 681. The first-order valence-electron chi connectivity index (χ1n) is 6.28. The van der Waals surface area contributed by atoms with Gasteiger partial charge in [0, 0.05) is 30.7 Å². The normalized spacial score (nSPS) is 18.6. The standard InChI is InChI=1S/C14H13N3O3/c1-20-14(19)10-7-11(18)17(8-10)13-12-9(4-6-16-13)3-2-5-15-12/h2-6,10H,7-8H2,1H3. The summed E-state index contributed by atoms with van der Waals surface area (Å²) in [5.74, 6) is -0.437. The van der Waals surface area contributed by atoms with Gasteiger partial charge in [-0.3, -0.25) is 19.5 Å². The number of carbonyl (C=O) groups excluding carboxylic acids is 2. The predicted octanol–water partition coefficient (Wildman–Crippen LogP) is 1.16. The van der Waals surface area contributed by atoms with Gasteiger partial charge in [-0.2, -0.15) is 0 Å². The first kappa shape index (κ1) is 12.5. The van der Waals surface area contributed by atoms with Crippen molar-refractivity contribution in [2.75, 3.05) is 18.6 Å². The molecule has 0 aliphatic carbocycles. The molecular formula is C14H13N3O3. The van der Waals surface area contributed by atoms with Gasteiger partial charge in [0.15, 0.2) is 5.82 Å². The van der Waals surface area contributed by atoms with E-state index >= 15 is 0 Å². The lowest BCUT2D eigenvalue weighted by atomic mass is 10.1. The summed E-state index contributed by atoms with van der Waals surface area (Å²) >= 11 is 0. The molecule has 0 radical (unpaired) electrons. The van der Waals surface area contributed by atoms with Crippen LogP contribution >= 0.6 is 0 Å². The number of esters is 1. The number of rotatable bonds is 2. The Labute approximate surface area is 115 Å². The van der Waals surface area contributed by atoms with Crippen LogP contribution in [0.3, 0.4) is 0 Å². The van der Waals surface area contributed by atoms with Gasteiger partial charge in [0.1, 0.15) is 5.52 Å². The molecule has 6 nitrogen and oxygen atoms in total. The summed E-state index contributed by atoms with van der Waals surface area (Å²) in [5, 5.41) is 0.909. The highest BCUT2D eigenvalue weighted by atomic mass is 16.5. The van der Waals surface area contributed by atoms with E-state index in [2.05, 4.69) is 9.97 Å². The number of pyridine rings is 2. The van der Waals surface area contributed by atoms with Gasteiger partial charge in [-0.25, -0.2) is 4.98 Å². The number of fused-ring (bicyclic) bond motifs is 1. The lowest BCUT2D eigenvalue weighted by Gasteiger charge is -2.16. The van der Waals surface area contributed by atoms with Crippen molar-refractivity contribution in [3.63, 3.8) is 0 Å². The fourth-order valence-corrected chi connectivity index (χ4v) is 2.42. The molecule has 3 rings (SSSR count). The van der Waals surface area contributed by atoms with Crippen LogP contribution in [-0.2, 0) is 14.3 Å². The molecule has 6 heteroatoms. The van der Waals surface area contributed by atoms with Crippen molar-refractivity contribution in [1.29, 1.82) is 0 Å². The second-order valence-electron chi connectivity index (χ2n) is 4.64. The van der Waals surface area contributed by atoms with Crippen molar-refractivity contribution in [2.45, 2.75) is 6.42 Å². The Morgan fingerprint density at radius 1 is 1.35 bits per heavy atom. The van der Waals surface area contributed by atoms with E-state index in [0.717, 1.165) is 5.39 Å². The third-order valence-corrected chi connectivity index (χ3v) is 3.42. The molecule has 0 aromatic carbocycles. The average molecular weight is 271 g/mol. The number of anilines is 1. The van der Waals surface area contributed by atoms with E-state index in [0.29, 0.717) is 11.3 Å². The average Bonchev–Trinajstić information content (AvgIpc) is 2.87. The fourth-order valence-electron chi connectivity index (χ4n) is 2.42. The molecule has 1 aliphatic heterocycles. The van der Waals surface area contributed by atoms with E-state index in [1.165, 1.54) is 12.0 Å². The lowest BCUT2D eigenvalue weighted by molar-refractivity contribution is -0.145. The summed E-state index contributed by atoms with van der Waals surface area (Å²) in [6.45, 7) is 0.286. The highest BCUT2D eigenvalue weighted by Gasteiger charge is 2.37. The Kier molecular flexibility index (Phi) is 3.06. The maximum absolute atomic E-state index is 12.1. The van der Waals surface area contributed by atoms with Crippen molar-refractivity contribution in [2.24, 2.45) is 5.92 Å². The van der Waals surface area contributed by atoms with E-state index < -0.39 is 5.92 Å². The summed E-state index contributed by atoms with van der Waals surface area (Å²) in [7, 11) is 1.33. The van der Waals surface area contributed by atoms with Crippen LogP contribution in [0.15, 0.2) is 30.6 Å². The van der Waals surface area contributed by atoms with Gasteiger partial charge >= 0.3 is 5.97 Å². The topological polar surface area (TPSA) is 72.4 Å². The largest absolute Gasteiger partial charge is 0.469 e. The molecule has 0 bridgehead atoms. The minimum absolute atomic E-state index is 0.133. The van der Waals surface area contributed by atoms with Gasteiger partial charge in [0.2, 0.25) is 5.91 Å². The number of hydrogen-bond donors (Lipinski definition) is 0. The molecule has 1 saturated heterocycles. The smallest absolute Gasteiger partial charge is 0.311 e. The number of ether oxygens (including phenoxy) is 1. The molecule has 1 unspecified atom stereocenters. The SMILES string of the molecule is COC(=O)C1CC(=O)N(c2nccc3cccnc23)C1. The number of nitrogens with zero attached hydrogens (tertiary/aromatic N) is 3. The number of aromatic nitrogens is 2. The molecule has 0 spiro atoms. The van der Waals surface area contributed by atoms with Crippen LogP contribution in [-0.4, -0.2) is 35.5 Å². The van der Waals surface area contributed by atoms with Crippen molar-refractivity contribution in [3.05, 3.63) is 30.6 Å². The Morgan fingerprint density at radius 3 is 3.00 bits per heavy atom. The number of methoxy groups -OCH3 is 1. The van der Waals surface area contributed by atoms with Crippen LogP contribution in [0.25, 0.3) is 10.9 Å². The van der Waals surface area contributed by atoms with Crippen LogP contribution in [0.1, 0.15) is 6.42 Å². The molecule has 3 heterocycles. The van der Waals surface area contributed by atoms with E-state index in [9.17, 15) is 9.59 Å². The molecule has 1 atom stereocenters. The minimum Gasteiger partial charge on any atom is -0.469 e. The molecule has 2 aromatic rings. The van der Waals surface area contributed by atoms with Gasteiger partial charge in [-0.05, 0) is 12.1 Å². The molecule has 2 aromatic heterocycles. The van der Waals surface area contributed by atoms with Gasteiger partial charge in [0.05, 0.1) is 13.0 Å². The summed E-state index contributed by atoms with van der Waals surface area (Å²) in [6, 6.07) is 5.57. The first-order chi connectivity index (χ1) is 9.70. The molecular weight excluding hydrogens is 258 g/mol. The second-order valence-corrected chi connectivity index (χ2v) is 4.64. The number of carbonyl (C=O) groups is 2. The Morgan fingerprint density at radius 2 is 2.20 bits per heavy atom. The number of hydrogen-bond acceptors (Lipinski definition) is 5. The summed E-state index contributed by atoms with van der Waals surface area (Å²) in [5.41, 5.74) is 0.661. The van der Waals surface area contributed by atoms with Crippen LogP contribution in [0.2, 0.25) is 0 Å². The zero-order chi connectivity index (χ0) is 14.1. The van der Waals surface area contributed by atoms with Crippen molar-refractivity contribution < 1.29 is 14.3 Å². The van der Waals surface area contributed by atoms with Gasteiger partial charge in [-0.15, -0.1) is 0 Å². The van der Waals surface area contributed by atoms with E-state index in [1.807, 2.05) is 18.2 Å². The zero-order valence-electron chi connectivity index (χ0n) is 10.9. The van der Waals surface area contributed by atoms with E-state index in [4.69, 9.17) is 4.74 Å². The van der Waals surface area contributed by atoms with Crippen LogP contribution < -0.4 is 4.90 Å². The predicted molar refractivity (Wildman–Crippen MR) is 72.0 cm³/mol. The summed E-state index contributed by atoms with van der Waals surface area (Å²) < 4.78 is 4.70. The Balaban J connectivity index is 2.00. The minimum atomic E-state index is -0.437. The first-order valence-corrected chi connectivity index (χ1v) is 6.28. The van der Waals surface area contributed by atoms with Crippen LogP contribution in [0, 0.1) is 5.92 Å². The maximum atomic E-state index is 12.1. The third-order valence-electron chi connectivity index (χ3n) is 3.42. The van der Waals surface area contributed by atoms with Crippen LogP contribution in [0.4, 0.5) is 5.82 Å². The Hall–Kier alpha value is -2.50. The maximum Gasteiger partial charge on any atom is 0.311 e. The molecule has 20 heavy (non-hydrogen) atoms. The van der Waals surface area contributed by atoms with Crippen molar-refractivity contribution in [3.8, 4) is 0 Å². The lowest BCUT2D eigenvalue weighted by Crippen LogP contribution is -2.27. The zero-order valence-corrected chi connectivity index (χ0v) is 10.9. The molecule has 1 amide bonds. The van der Waals surface area contributed by atoms with Crippen molar-refractivity contribution >= 4 is 28.6 Å². The van der Waals surface area contributed by atoms with E-state index in [1.54, 1.807) is 12.4 Å². The summed E-state index contributed by atoms with van der Waals surface area (Å²) in [4.78, 5) is 33.7. The van der Waals surface area contributed by atoms with Gasteiger partial charge in [0.25, 0.3) is 0 Å². The molecule has 1 aliphatic rings. The highest BCUT2D eigenvalue weighted by Crippen LogP contribution is 2.28. The highest BCUT2D eigenvalue weighted by molar-refractivity contribution is 6.03. The monoisotopic (exact) mass is 271 g/mol. The van der Waals surface area contributed by atoms with Gasteiger partial charge in [-0.1, -0.05) is 6.07 Å². The van der Waals surface area contributed by atoms with Crippen molar-refractivity contribution in [1.82, 2.24) is 9.97 Å². The summed E-state index contributed by atoms with van der Waals surface area (Å²) in [6.07, 6.45) is 3.45. The fraction of sp³-hybridized carbons (Fsp3) is 0.286. The molecule has 0 saturated carbocycles. The third kappa shape index (κ3) is 1.99. The quantitative estimate of drug-likeness (QED) is 0.766. The van der Waals surface area contributed by atoms with E-state index in [-0.39, 0.29) is 24.8 Å². The number of amides is 1.